The Balaban J connectivity index is 3.50. The first-order valence-electron chi connectivity index (χ1n) is 5.66. The van der Waals surface area contributed by atoms with Crippen LogP contribution < -0.4 is 0 Å². The van der Waals surface area contributed by atoms with Crippen LogP contribution in [0.5, 0.6) is 0 Å². The molecule has 0 saturated heterocycles. The molecule has 0 aromatic heterocycles. The Hall–Kier alpha value is -0.410. The number of ketones is 1. The van der Waals surface area contributed by atoms with Gasteiger partial charge in [-0.2, -0.15) is 0 Å². The van der Waals surface area contributed by atoms with Crippen molar-refractivity contribution in [1.82, 2.24) is 0 Å². The van der Waals surface area contributed by atoms with Gasteiger partial charge in [-0.05, 0) is 25.7 Å². The van der Waals surface area contributed by atoms with Gasteiger partial charge in [0.2, 0.25) is 0 Å². The second-order valence-electron chi connectivity index (χ2n) is 4.21. The van der Waals surface area contributed by atoms with Gasteiger partial charge in [-0.1, -0.05) is 13.8 Å². The molecule has 0 rings (SSSR count). The lowest BCUT2D eigenvalue weighted by atomic mass is 9.88. The largest absolute Gasteiger partial charge is 0.382 e. The molecule has 15 heavy (non-hydrogen) atoms. The molecule has 0 aliphatic rings. The summed E-state index contributed by atoms with van der Waals surface area (Å²) in [6.45, 7) is 7.87. The Morgan fingerprint density at radius 3 is 2.33 bits per heavy atom. The number of Topliss-reactive ketones (excluding diaryl/α,β-unsaturated/α-hetero) is 1. The Morgan fingerprint density at radius 1 is 1.20 bits per heavy atom. The summed E-state index contributed by atoms with van der Waals surface area (Å²) in [4.78, 5) is 11.3. The zero-order valence-corrected chi connectivity index (χ0v) is 10.4. The van der Waals surface area contributed by atoms with Gasteiger partial charge in [0.1, 0.15) is 5.78 Å². The summed E-state index contributed by atoms with van der Waals surface area (Å²) in [6.07, 6.45) is 1.88. The van der Waals surface area contributed by atoms with Gasteiger partial charge in [-0.15, -0.1) is 0 Å². The maximum atomic E-state index is 11.3. The van der Waals surface area contributed by atoms with Gasteiger partial charge in [0.25, 0.3) is 0 Å². The molecule has 0 bridgehead atoms. The van der Waals surface area contributed by atoms with E-state index in [0.717, 1.165) is 19.4 Å². The van der Waals surface area contributed by atoms with E-state index >= 15 is 0 Å². The molecule has 1 atom stereocenters. The molecule has 0 aromatic carbocycles. The van der Waals surface area contributed by atoms with Crippen LogP contribution in [0.4, 0.5) is 0 Å². The number of hydrogen-bond acceptors (Lipinski definition) is 3. The lowest BCUT2D eigenvalue weighted by Crippen LogP contribution is -2.18. The summed E-state index contributed by atoms with van der Waals surface area (Å²) in [7, 11) is 1.66. The number of carbonyl (C=O) groups is 1. The van der Waals surface area contributed by atoms with Crippen LogP contribution in [-0.4, -0.2) is 32.7 Å². The van der Waals surface area contributed by atoms with Crippen molar-refractivity contribution in [3.63, 3.8) is 0 Å². The lowest BCUT2D eigenvalue weighted by Gasteiger charge is -2.17. The minimum Gasteiger partial charge on any atom is -0.382 e. The fourth-order valence-corrected chi connectivity index (χ4v) is 1.66. The molecular formula is C12H24O3. The minimum absolute atomic E-state index is 0.191. The van der Waals surface area contributed by atoms with Crippen LogP contribution >= 0.6 is 0 Å². The van der Waals surface area contributed by atoms with Crippen molar-refractivity contribution < 1.29 is 14.3 Å². The maximum absolute atomic E-state index is 11.3. The Bertz CT molecular complexity index is 166. The van der Waals surface area contributed by atoms with Gasteiger partial charge < -0.3 is 9.47 Å². The highest BCUT2D eigenvalue weighted by atomic mass is 16.5. The second kappa shape index (κ2) is 8.86. The average molecular weight is 216 g/mol. The second-order valence-corrected chi connectivity index (χ2v) is 4.21. The molecule has 0 fully saturated rings. The fraction of sp³-hybridized carbons (Fsp3) is 0.917. The Morgan fingerprint density at radius 2 is 1.87 bits per heavy atom. The third kappa shape index (κ3) is 7.51. The summed E-state index contributed by atoms with van der Waals surface area (Å²) in [5.41, 5.74) is 0. The fourth-order valence-electron chi connectivity index (χ4n) is 1.66. The van der Waals surface area contributed by atoms with Crippen LogP contribution in [0.1, 0.15) is 33.6 Å². The van der Waals surface area contributed by atoms with Crippen LogP contribution in [0.25, 0.3) is 0 Å². The van der Waals surface area contributed by atoms with Gasteiger partial charge in [0.05, 0.1) is 13.2 Å². The van der Waals surface area contributed by atoms with E-state index in [1.807, 2.05) is 0 Å². The molecule has 0 spiro atoms. The summed E-state index contributed by atoms with van der Waals surface area (Å²) >= 11 is 0. The normalized spacial score (nSPS) is 13.1. The predicted molar refractivity (Wildman–Crippen MR) is 60.9 cm³/mol. The molecule has 3 heteroatoms. The average Bonchev–Trinajstić information content (AvgIpc) is 2.15. The summed E-state index contributed by atoms with van der Waals surface area (Å²) in [6, 6.07) is 0. The molecule has 1 unspecified atom stereocenters. The van der Waals surface area contributed by atoms with Crippen molar-refractivity contribution >= 4 is 5.78 Å². The molecule has 0 aliphatic carbocycles. The zero-order valence-electron chi connectivity index (χ0n) is 10.4. The quantitative estimate of drug-likeness (QED) is 0.555. The number of hydrogen-bond donors (Lipinski definition) is 0. The van der Waals surface area contributed by atoms with E-state index in [4.69, 9.17) is 9.47 Å². The highest BCUT2D eigenvalue weighted by molar-refractivity contribution is 5.78. The van der Waals surface area contributed by atoms with Crippen LogP contribution in [0.3, 0.4) is 0 Å². The molecule has 0 heterocycles. The van der Waals surface area contributed by atoms with E-state index in [9.17, 15) is 4.79 Å². The third-order valence-corrected chi connectivity index (χ3v) is 2.56. The minimum atomic E-state index is 0.191. The topological polar surface area (TPSA) is 35.5 Å². The SMILES string of the molecule is COCCOCCCC(C(C)=O)C(C)C. The Labute approximate surface area is 93.1 Å². The van der Waals surface area contributed by atoms with Crippen molar-refractivity contribution in [1.29, 1.82) is 0 Å². The van der Waals surface area contributed by atoms with E-state index in [2.05, 4.69) is 13.8 Å². The number of ether oxygens (including phenoxy) is 2. The monoisotopic (exact) mass is 216 g/mol. The third-order valence-electron chi connectivity index (χ3n) is 2.56. The van der Waals surface area contributed by atoms with Crippen LogP contribution in [-0.2, 0) is 14.3 Å². The molecule has 0 amide bonds. The molecule has 0 aliphatic heterocycles. The summed E-state index contributed by atoms with van der Waals surface area (Å²) in [5, 5.41) is 0. The molecule has 0 N–H and O–H groups in total. The summed E-state index contributed by atoms with van der Waals surface area (Å²) in [5.74, 6) is 0.916. The van der Waals surface area contributed by atoms with Gasteiger partial charge in [-0.25, -0.2) is 0 Å². The summed E-state index contributed by atoms with van der Waals surface area (Å²) < 4.78 is 10.2. The van der Waals surface area contributed by atoms with Crippen LogP contribution in [0, 0.1) is 11.8 Å². The van der Waals surface area contributed by atoms with E-state index in [1.165, 1.54) is 0 Å². The predicted octanol–water partition coefficient (Wildman–Crippen LogP) is 2.29. The van der Waals surface area contributed by atoms with E-state index < -0.39 is 0 Å². The van der Waals surface area contributed by atoms with Crippen LogP contribution in [0.15, 0.2) is 0 Å². The maximum Gasteiger partial charge on any atom is 0.133 e. The standard InChI is InChI=1S/C12H24O3/c1-10(2)12(11(3)13)6-5-7-15-9-8-14-4/h10,12H,5-9H2,1-4H3. The lowest BCUT2D eigenvalue weighted by molar-refractivity contribution is -0.122. The molecule has 0 aromatic rings. The van der Waals surface area contributed by atoms with E-state index in [1.54, 1.807) is 14.0 Å². The first-order chi connectivity index (χ1) is 7.09. The smallest absolute Gasteiger partial charge is 0.133 e. The van der Waals surface area contributed by atoms with Crippen molar-refractivity contribution in [2.24, 2.45) is 11.8 Å². The van der Waals surface area contributed by atoms with Crippen molar-refractivity contribution in [2.45, 2.75) is 33.6 Å². The first kappa shape index (κ1) is 14.6. The van der Waals surface area contributed by atoms with Gasteiger partial charge in [0.15, 0.2) is 0 Å². The molecular weight excluding hydrogens is 192 g/mol. The highest BCUT2D eigenvalue weighted by Gasteiger charge is 2.17. The van der Waals surface area contributed by atoms with Gasteiger partial charge in [-0.3, -0.25) is 4.79 Å². The van der Waals surface area contributed by atoms with Crippen molar-refractivity contribution in [3.05, 3.63) is 0 Å². The van der Waals surface area contributed by atoms with E-state index in [-0.39, 0.29) is 5.92 Å². The first-order valence-corrected chi connectivity index (χ1v) is 5.66. The zero-order chi connectivity index (χ0) is 11.7. The van der Waals surface area contributed by atoms with Crippen molar-refractivity contribution in [2.75, 3.05) is 26.9 Å². The van der Waals surface area contributed by atoms with E-state index in [0.29, 0.717) is 24.9 Å². The molecule has 0 radical (unpaired) electrons. The number of methoxy groups -OCH3 is 1. The van der Waals surface area contributed by atoms with Gasteiger partial charge >= 0.3 is 0 Å². The van der Waals surface area contributed by atoms with Crippen LogP contribution in [0.2, 0.25) is 0 Å². The molecule has 90 valence electrons. The molecule has 3 nitrogen and oxygen atoms in total. The highest BCUT2D eigenvalue weighted by Crippen LogP contribution is 2.17. The Kier molecular flexibility index (Phi) is 8.62. The number of rotatable bonds is 9. The van der Waals surface area contributed by atoms with Crippen molar-refractivity contribution in [3.8, 4) is 0 Å². The van der Waals surface area contributed by atoms with Gasteiger partial charge in [0, 0.05) is 19.6 Å². The molecule has 0 saturated carbocycles. The number of carbonyl (C=O) groups excluding carboxylic acids is 1.